The van der Waals surface area contributed by atoms with Gasteiger partial charge in [0.15, 0.2) is 0 Å². The van der Waals surface area contributed by atoms with Gasteiger partial charge in [-0.2, -0.15) is 5.26 Å². The number of pyridine rings is 2. The maximum Gasteiger partial charge on any atom is 0.263 e. The Labute approximate surface area is 131 Å². The first-order valence-electron chi connectivity index (χ1n) is 6.43. The van der Waals surface area contributed by atoms with E-state index in [0.717, 1.165) is 12.3 Å². The minimum atomic E-state index is -3.98. The van der Waals surface area contributed by atoms with Crippen LogP contribution >= 0.6 is 0 Å². The summed E-state index contributed by atoms with van der Waals surface area (Å²) in [6.07, 6.45) is 2.55. The van der Waals surface area contributed by atoms with E-state index in [1.807, 2.05) is 0 Å². The molecule has 2 heterocycles. The van der Waals surface area contributed by atoms with Crippen LogP contribution in [0.25, 0.3) is 10.9 Å². The molecule has 0 amide bonds. The van der Waals surface area contributed by atoms with Gasteiger partial charge in [0.1, 0.15) is 22.5 Å². The van der Waals surface area contributed by atoms with Crippen molar-refractivity contribution in [1.29, 1.82) is 5.26 Å². The zero-order chi connectivity index (χ0) is 16.4. The second kappa shape index (κ2) is 5.62. The average Bonchev–Trinajstić information content (AvgIpc) is 2.54. The van der Waals surface area contributed by atoms with Crippen LogP contribution in [0.15, 0.2) is 53.7 Å². The summed E-state index contributed by atoms with van der Waals surface area (Å²) >= 11 is 0. The van der Waals surface area contributed by atoms with Gasteiger partial charge < -0.3 is 0 Å². The summed E-state index contributed by atoms with van der Waals surface area (Å²) < 4.78 is 40.7. The number of fused-ring (bicyclic) bond motifs is 1. The predicted molar refractivity (Wildman–Crippen MR) is 81.5 cm³/mol. The van der Waals surface area contributed by atoms with Crippen molar-refractivity contribution in [2.24, 2.45) is 0 Å². The van der Waals surface area contributed by atoms with Crippen LogP contribution in [0.2, 0.25) is 0 Å². The van der Waals surface area contributed by atoms with Gasteiger partial charge in [-0.1, -0.05) is 6.07 Å². The highest BCUT2D eigenvalue weighted by Gasteiger charge is 2.17. The van der Waals surface area contributed by atoms with Crippen molar-refractivity contribution in [3.05, 3.63) is 60.3 Å². The van der Waals surface area contributed by atoms with Gasteiger partial charge in [0.2, 0.25) is 0 Å². The summed E-state index contributed by atoms with van der Waals surface area (Å²) in [6.45, 7) is 0. The van der Waals surface area contributed by atoms with Gasteiger partial charge in [0.25, 0.3) is 10.0 Å². The summed E-state index contributed by atoms with van der Waals surface area (Å²) in [4.78, 5) is 7.66. The Morgan fingerprint density at radius 3 is 2.70 bits per heavy atom. The van der Waals surface area contributed by atoms with Crippen molar-refractivity contribution < 1.29 is 12.8 Å². The second-order valence-electron chi connectivity index (χ2n) is 4.62. The molecule has 6 nitrogen and oxygen atoms in total. The molecule has 0 bridgehead atoms. The van der Waals surface area contributed by atoms with Crippen LogP contribution in [-0.4, -0.2) is 18.4 Å². The molecule has 0 fully saturated rings. The normalized spacial score (nSPS) is 11.1. The second-order valence-corrected chi connectivity index (χ2v) is 6.31. The number of benzene rings is 1. The zero-order valence-corrected chi connectivity index (χ0v) is 12.4. The molecule has 23 heavy (non-hydrogen) atoms. The molecule has 0 aliphatic heterocycles. The van der Waals surface area contributed by atoms with Crippen LogP contribution in [0.5, 0.6) is 0 Å². The molecule has 3 aromatic rings. The summed E-state index contributed by atoms with van der Waals surface area (Å²) in [6, 6.07) is 9.93. The number of hydrogen-bond donors (Lipinski definition) is 1. The lowest BCUT2D eigenvalue weighted by molar-refractivity contribution is 0.600. The highest BCUT2D eigenvalue weighted by atomic mass is 32.2. The van der Waals surface area contributed by atoms with Crippen LogP contribution in [0.4, 0.5) is 10.1 Å². The number of rotatable bonds is 3. The Morgan fingerprint density at radius 1 is 1.17 bits per heavy atom. The van der Waals surface area contributed by atoms with Crippen molar-refractivity contribution in [1.82, 2.24) is 9.97 Å². The number of anilines is 1. The van der Waals surface area contributed by atoms with Crippen molar-refractivity contribution >= 4 is 26.6 Å². The maximum absolute atomic E-state index is 13.7. The molecule has 0 spiro atoms. The van der Waals surface area contributed by atoms with Crippen LogP contribution in [0.1, 0.15) is 5.69 Å². The third kappa shape index (κ3) is 2.95. The first kappa shape index (κ1) is 14.9. The van der Waals surface area contributed by atoms with Crippen molar-refractivity contribution in [3.63, 3.8) is 0 Å². The molecule has 0 atom stereocenters. The predicted octanol–water partition coefficient (Wildman–Crippen LogP) is 2.44. The summed E-state index contributed by atoms with van der Waals surface area (Å²) in [5, 5.41) is 9.16. The monoisotopic (exact) mass is 328 g/mol. The third-order valence-electron chi connectivity index (χ3n) is 3.08. The number of nitrogens with one attached hydrogen (secondary N) is 1. The van der Waals surface area contributed by atoms with E-state index in [-0.39, 0.29) is 16.3 Å². The standard InChI is InChI=1S/C15H9FN4O2S/c16-11-6-10-2-1-5-18-15(10)14(7-11)20-23(21,22)13-4-3-12(8-17)19-9-13/h1-7,9,20H. The minimum Gasteiger partial charge on any atom is -0.277 e. The van der Waals surface area contributed by atoms with E-state index in [4.69, 9.17) is 5.26 Å². The highest BCUT2D eigenvalue weighted by Crippen LogP contribution is 2.25. The Balaban J connectivity index is 2.05. The van der Waals surface area contributed by atoms with E-state index in [2.05, 4.69) is 14.7 Å². The van der Waals surface area contributed by atoms with Crippen molar-refractivity contribution in [2.45, 2.75) is 4.90 Å². The molecule has 0 saturated heterocycles. The molecule has 114 valence electrons. The lowest BCUT2D eigenvalue weighted by Crippen LogP contribution is -2.14. The summed E-state index contributed by atoms with van der Waals surface area (Å²) in [5.41, 5.74) is 0.464. The van der Waals surface area contributed by atoms with Crippen LogP contribution in [0, 0.1) is 17.1 Å². The topological polar surface area (TPSA) is 95.7 Å². The van der Waals surface area contributed by atoms with E-state index < -0.39 is 15.8 Å². The molecule has 3 rings (SSSR count). The van der Waals surface area contributed by atoms with Crippen LogP contribution < -0.4 is 4.72 Å². The highest BCUT2D eigenvalue weighted by molar-refractivity contribution is 7.92. The quantitative estimate of drug-likeness (QED) is 0.796. The Morgan fingerprint density at radius 2 is 2.00 bits per heavy atom. The lowest BCUT2D eigenvalue weighted by Gasteiger charge is -2.10. The molecular formula is C15H9FN4O2S. The zero-order valence-electron chi connectivity index (χ0n) is 11.6. The molecule has 0 unspecified atom stereocenters. The van der Waals surface area contributed by atoms with Gasteiger partial charge in [-0.05, 0) is 24.3 Å². The Bertz CT molecular complexity index is 1030. The number of hydrogen-bond acceptors (Lipinski definition) is 5. The number of nitriles is 1. The van der Waals surface area contributed by atoms with Gasteiger partial charge in [0.05, 0.1) is 11.2 Å². The fourth-order valence-electron chi connectivity index (χ4n) is 2.04. The molecular weight excluding hydrogens is 319 g/mol. The Kier molecular flexibility index (Phi) is 3.64. The third-order valence-corrected chi connectivity index (χ3v) is 4.43. The van der Waals surface area contributed by atoms with E-state index in [9.17, 15) is 12.8 Å². The van der Waals surface area contributed by atoms with E-state index in [1.54, 1.807) is 18.2 Å². The smallest absolute Gasteiger partial charge is 0.263 e. The van der Waals surface area contributed by atoms with Crippen molar-refractivity contribution in [3.8, 4) is 6.07 Å². The first-order valence-corrected chi connectivity index (χ1v) is 7.91. The lowest BCUT2D eigenvalue weighted by atomic mass is 10.2. The molecule has 1 aromatic carbocycles. The molecule has 8 heteroatoms. The summed E-state index contributed by atoms with van der Waals surface area (Å²) in [7, 11) is -3.98. The Hall–Kier alpha value is -3.05. The maximum atomic E-state index is 13.7. The molecule has 2 aromatic heterocycles. The number of nitrogens with zero attached hydrogens (tertiary/aromatic N) is 3. The molecule has 0 radical (unpaired) electrons. The molecule has 0 saturated carbocycles. The van der Waals surface area contributed by atoms with Crippen molar-refractivity contribution in [2.75, 3.05) is 4.72 Å². The fourth-order valence-corrected chi connectivity index (χ4v) is 3.04. The van der Waals surface area contributed by atoms with E-state index in [1.165, 1.54) is 24.4 Å². The molecule has 0 aliphatic rings. The van der Waals surface area contributed by atoms with Gasteiger partial charge in [-0.25, -0.2) is 17.8 Å². The number of aromatic nitrogens is 2. The van der Waals surface area contributed by atoms with Gasteiger partial charge in [0, 0.05) is 23.8 Å². The van der Waals surface area contributed by atoms with Gasteiger partial charge in [-0.15, -0.1) is 0 Å². The average molecular weight is 328 g/mol. The fraction of sp³-hybridized carbons (Fsp3) is 0. The van der Waals surface area contributed by atoms with Gasteiger partial charge >= 0.3 is 0 Å². The van der Waals surface area contributed by atoms with E-state index in [0.29, 0.717) is 10.9 Å². The minimum absolute atomic E-state index is 0.0324. The van der Waals surface area contributed by atoms with Crippen LogP contribution in [0.3, 0.4) is 0 Å². The summed E-state index contributed by atoms with van der Waals surface area (Å²) in [5.74, 6) is -0.582. The van der Waals surface area contributed by atoms with Gasteiger partial charge in [-0.3, -0.25) is 9.71 Å². The largest absolute Gasteiger partial charge is 0.277 e. The van der Waals surface area contributed by atoms with E-state index >= 15 is 0 Å². The molecule has 0 aliphatic carbocycles. The SMILES string of the molecule is N#Cc1ccc(S(=O)(=O)Nc2cc(F)cc3cccnc23)cn1. The number of halogens is 1. The first-order chi connectivity index (χ1) is 11.0. The number of sulfonamides is 1. The van der Waals surface area contributed by atoms with Crippen LogP contribution in [-0.2, 0) is 10.0 Å². The molecule has 1 N–H and O–H groups in total.